The fraction of sp³-hybridized carbons (Fsp3) is 0.769. The van der Waals surface area contributed by atoms with Gasteiger partial charge >= 0.3 is 0 Å². The van der Waals surface area contributed by atoms with E-state index in [1.807, 2.05) is 6.92 Å². The Morgan fingerprint density at radius 2 is 2.35 bits per heavy atom. The Labute approximate surface area is 120 Å². The average molecular weight is 298 g/mol. The summed E-state index contributed by atoms with van der Waals surface area (Å²) in [6.45, 7) is 3.56. The SMILES string of the molecule is CCn1cnc(S(=O)(=O)NC2CCNC3(CCC3)C2)c1. The molecule has 1 aliphatic heterocycles. The monoisotopic (exact) mass is 298 g/mol. The van der Waals surface area contributed by atoms with E-state index in [-0.39, 0.29) is 16.6 Å². The van der Waals surface area contributed by atoms with Crippen LogP contribution in [0.2, 0.25) is 0 Å². The van der Waals surface area contributed by atoms with Gasteiger partial charge in [0.05, 0.1) is 6.33 Å². The molecule has 1 aromatic rings. The highest BCUT2D eigenvalue weighted by Gasteiger charge is 2.41. The Bertz CT molecular complexity index is 577. The van der Waals surface area contributed by atoms with Crippen LogP contribution in [0.25, 0.3) is 0 Å². The van der Waals surface area contributed by atoms with Crippen molar-refractivity contribution >= 4 is 10.0 Å². The summed E-state index contributed by atoms with van der Waals surface area (Å²) in [7, 11) is -3.49. The fourth-order valence-corrected chi connectivity index (χ4v) is 4.39. The van der Waals surface area contributed by atoms with E-state index < -0.39 is 10.0 Å². The minimum atomic E-state index is -3.49. The van der Waals surface area contributed by atoms with Crippen molar-refractivity contribution in [3.63, 3.8) is 0 Å². The van der Waals surface area contributed by atoms with E-state index in [1.54, 1.807) is 17.1 Å². The Balaban J connectivity index is 1.69. The van der Waals surface area contributed by atoms with Gasteiger partial charge in [-0.05, 0) is 45.6 Å². The van der Waals surface area contributed by atoms with Gasteiger partial charge in [-0.15, -0.1) is 0 Å². The van der Waals surface area contributed by atoms with Crippen molar-refractivity contribution < 1.29 is 8.42 Å². The summed E-state index contributed by atoms with van der Waals surface area (Å²) in [4.78, 5) is 3.99. The number of piperidine rings is 1. The molecule has 2 fully saturated rings. The van der Waals surface area contributed by atoms with E-state index in [4.69, 9.17) is 0 Å². The van der Waals surface area contributed by atoms with Crippen LogP contribution in [0.1, 0.15) is 39.0 Å². The molecule has 1 atom stereocenters. The van der Waals surface area contributed by atoms with Gasteiger partial charge in [0.1, 0.15) is 0 Å². The van der Waals surface area contributed by atoms with Crippen molar-refractivity contribution in [3.8, 4) is 0 Å². The fourth-order valence-electron chi connectivity index (χ4n) is 3.17. The molecule has 3 rings (SSSR count). The number of rotatable bonds is 4. The number of aryl methyl sites for hydroxylation is 1. The van der Waals surface area contributed by atoms with E-state index in [0.29, 0.717) is 0 Å². The van der Waals surface area contributed by atoms with Gasteiger partial charge in [-0.2, -0.15) is 0 Å². The normalized spacial score (nSPS) is 25.6. The van der Waals surface area contributed by atoms with Crippen LogP contribution in [0.3, 0.4) is 0 Å². The lowest BCUT2D eigenvalue weighted by Crippen LogP contribution is -2.59. The number of sulfonamides is 1. The first kappa shape index (κ1) is 14.0. The van der Waals surface area contributed by atoms with Crippen molar-refractivity contribution in [2.24, 2.45) is 0 Å². The molecular weight excluding hydrogens is 276 g/mol. The highest BCUT2D eigenvalue weighted by atomic mass is 32.2. The van der Waals surface area contributed by atoms with Crippen LogP contribution < -0.4 is 10.0 Å². The molecule has 2 N–H and O–H groups in total. The Morgan fingerprint density at radius 3 is 2.95 bits per heavy atom. The molecule has 20 heavy (non-hydrogen) atoms. The summed E-state index contributed by atoms with van der Waals surface area (Å²) >= 11 is 0. The second kappa shape index (κ2) is 5.13. The van der Waals surface area contributed by atoms with Crippen LogP contribution in [0, 0.1) is 0 Å². The van der Waals surface area contributed by atoms with Crippen molar-refractivity contribution in [2.45, 2.75) is 62.2 Å². The summed E-state index contributed by atoms with van der Waals surface area (Å²) in [6, 6.07) is 0.0216. The zero-order valence-electron chi connectivity index (χ0n) is 11.8. The van der Waals surface area contributed by atoms with Gasteiger partial charge in [-0.1, -0.05) is 0 Å². The quantitative estimate of drug-likeness (QED) is 0.864. The first-order valence-electron chi connectivity index (χ1n) is 7.32. The molecule has 0 amide bonds. The predicted octanol–water partition coefficient (Wildman–Crippen LogP) is 0.856. The molecule has 2 heterocycles. The van der Waals surface area contributed by atoms with Gasteiger partial charge in [0.25, 0.3) is 10.0 Å². The van der Waals surface area contributed by atoms with Crippen LogP contribution in [0.15, 0.2) is 17.6 Å². The highest BCUT2D eigenvalue weighted by molar-refractivity contribution is 7.89. The van der Waals surface area contributed by atoms with Gasteiger partial charge in [-0.3, -0.25) is 0 Å². The topological polar surface area (TPSA) is 76.0 Å². The van der Waals surface area contributed by atoms with Crippen molar-refractivity contribution in [2.75, 3.05) is 6.54 Å². The lowest BCUT2D eigenvalue weighted by Gasteiger charge is -2.48. The van der Waals surface area contributed by atoms with Crippen molar-refractivity contribution in [3.05, 3.63) is 12.5 Å². The molecule has 0 radical (unpaired) electrons. The van der Waals surface area contributed by atoms with E-state index in [2.05, 4.69) is 15.0 Å². The van der Waals surface area contributed by atoms with Gasteiger partial charge in [0.15, 0.2) is 5.03 Å². The lowest BCUT2D eigenvalue weighted by molar-refractivity contribution is 0.126. The van der Waals surface area contributed by atoms with Crippen LogP contribution in [-0.2, 0) is 16.6 Å². The van der Waals surface area contributed by atoms with Crippen LogP contribution >= 0.6 is 0 Å². The molecule has 1 unspecified atom stereocenters. The minimum Gasteiger partial charge on any atom is -0.336 e. The Morgan fingerprint density at radius 1 is 1.55 bits per heavy atom. The molecule has 1 aromatic heterocycles. The summed E-state index contributed by atoms with van der Waals surface area (Å²) in [5, 5.41) is 3.67. The largest absolute Gasteiger partial charge is 0.336 e. The molecule has 1 saturated carbocycles. The number of imidazole rings is 1. The highest BCUT2D eigenvalue weighted by Crippen LogP contribution is 2.38. The average Bonchev–Trinajstić information content (AvgIpc) is 2.86. The first-order valence-corrected chi connectivity index (χ1v) is 8.80. The zero-order valence-corrected chi connectivity index (χ0v) is 12.6. The molecule has 7 heteroatoms. The standard InChI is InChI=1S/C13H22N4O2S/c1-2-17-9-12(14-10-17)20(18,19)16-11-4-7-15-13(8-11)5-3-6-13/h9-11,15-16H,2-8H2,1H3. The molecule has 1 spiro atoms. The molecule has 112 valence electrons. The van der Waals surface area contributed by atoms with Gasteiger partial charge in [0, 0.05) is 24.3 Å². The van der Waals surface area contributed by atoms with Crippen LogP contribution in [0.4, 0.5) is 0 Å². The number of nitrogens with zero attached hydrogens (tertiary/aromatic N) is 2. The lowest BCUT2D eigenvalue weighted by atomic mass is 9.70. The summed E-state index contributed by atoms with van der Waals surface area (Å²) in [6.07, 6.45) is 8.45. The smallest absolute Gasteiger partial charge is 0.259 e. The van der Waals surface area contributed by atoms with Crippen molar-refractivity contribution in [1.82, 2.24) is 19.6 Å². The molecule has 6 nitrogen and oxygen atoms in total. The van der Waals surface area contributed by atoms with E-state index in [9.17, 15) is 8.42 Å². The third-order valence-corrected chi connectivity index (χ3v) is 5.92. The maximum atomic E-state index is 12.3. The van der Waals surface area contributed by atoms with E-state index in [1.165, 1.54) is 6.42 Å². The van der Waals surface area contributed by atoms with Gasteiger partial charge < -0.3 is 9.88 Å². The zero-order chi connectivity index (χ0) is 14.2. The molecule has 1 saturated heterocycles. The Kier molecular flexibility index (Phi) is 3.60. The van der Waals surface area contributed by atoms with E-state index in [0.717, 1.165) is 38.8 Å². The molecular formula is C13H22N4O2S. The van der Waals surface area contributed by atoms with Crippen molar-refractivity contribution in [1.29, 1.82) is 0 Å². The third-order valence-electron chi connectivity index (χ3n) is 4.51. The molecule has 0 bridgehead atoms. The minimum absolute atomic E-state index is 0.0216. The predicted molar refractivity (Wildman–Crippen MR) is 75.8 cm³/mol. The van der Waals surface area contributed by atoms with Gasteiger partial charge in [0.2, 0.25) is 0 Å². The second-order valence-electron chi connectivity index (χ2n) is 5.91. The Hall–Kier alpha value is -0.920. The summed E-state index contributed by atoms with van der Waals surface area (Å²) in [5.41, 5.74) is 0.189. The third kappa shape index (κ3) is 2.62. The first-order chi connectivity index (χ1) is 9.53. The summed E-state index contributed by atoms with van der Waals surface area (Å²) < 4.78 is 29.3. The van der Waals surface area contributed by atoms with Gasteiger partial charge in [-0.25, -0.2) is 18.1 Å². The number of aromatic nitrogens is 2. The maximum absolute atomic E-state index is 12.3. The maximum Gasteiger partial charge on any atom is 0.259 e. The van der Waals surface area contributed by atoms with Crippen LogP contribution in [0.5, 0.6) is 0 Å². The number of hydrogen-bond donors (Lipinski definition) is 2. The summed E-state index contributed by atoms with van der Waals surface area (Å²) in [5.74, 6) is 0. The molecule has 0 aromatic carbocycles. The molecule has 1 aliphatic carbocycles. The van der Waals surface area contributed by atoms with Crippen LogP contribution in [-0.4, -0.2) is 36.1 Å². The second-order valence-corrected chi connectivity index (χ2v) is 7.57. The molecule has 2 aliphatic rings. The number of nitrogens with one attached hydrogen (secondary N) is 2. The van der Waals surface area contributed by atoms with E-state index >= 15 is 0 Å². The number of hydrogen-bond acceptors (Lipinski definition) is 4.